The highest BCUT2D eigenvalue weighted by Crippen LogP contribution is 2.13. The summed E-state index contributed by atoms with van der Waals surface area (Å²) in [6, 6.07) is 5.09. The highest BCUT2D eigenvalue weighted by atomic mass is 32.2. The number of hydrogen-bond donors (Lipinski definition) is 2. The number of aromatic nitrogens is 2. The molecular formula is C10H12N2O3S. The standard InChI is InChI=1S/C10H12N2O3S/c1-2-16(14,15)6-7-3-4-8-9(5-7)12-10(13)11-8/h3-5H,2,6H2,1H3,(H2,11,12,13). The Morgan fingerprint density at radius 3 is 2.56 bits per heavy atom. The maximum absolute atomic E-state index is 11.4. The molecule has 2 N–H and O–H groups in total. The molecule has 6 heteroatoms. The average molecular weight is 240 g/mol. The van der Waals surface area contributed by atoms with E-state index in [1.165, 1.54) is 0 Å². The van der Waals surface area contributed by atoms with Gasteiger partial charge >= 0.3 is 5.69 Å². The summed E-state index contributed by atoms with van der Waals surface area (Å²) in [6.45, 7) is 1.62. The van der Waals surface area contributed by atoms with Crippen LogP contribution in [0.1, 0.15) is 12.5 Å². The van der Waals surface area contributed by atoms with Gasteiger partial charge < -0.3 is 9.97 Å². The molecule has 0 aliphatic rings. The van der Waals surface area contributed by atoms with E-state index in [9.17, 15) is 13.2 Å². The molecule has 0 amide bonds. The topological polar surface area (TPSA) is 82.8 Å². The van der Waals surface area contributed by atoms with Crippen molar-refractivity contribution >= 4 is 20.9 Å². The second-order valence-corrected chi connectivity index (χ2v) is 5.99. The van der Waals surface area contributed by atoms with Crippen LogP contribution in [0.5, 0.6) is 0 Å². The van der Waals surface area contributed by atoms with Crippen molar-refractivity contribution in [2.45, 2.75) is 12.7 Å². The zero-order valence-electron chi connectivity index (χ0n) is 8.78. The zero-order valence-corrected chi connectivity index (χ0v) is 9.60. The largest absolute Gasteiger partial charge is 0.323 e. The third-order valence-electron chi connectivity index (χ3n) is 2.41. The van der Waals surface area contributed by atoms with E-state index in [1.54, 1.807) is 25.1 Å². The molecule has 2 rings (SSSR count). The monoisotopic (exact) mass is 240 g/mol. The molecular weight excluding hydrogens is 228 g/mol. The van der Waals surface area contributed by atoms with E-state index in [-0.39, 0.29) is 17.2 Å². The lowest BCUT2D eigenvalue weighted by Gasteiger charge is -2.01. The fourth-order valence-electron chi connectivity index (χ4n) is 1.53. The number of hydrogen-bond acceptors (Lipinski definition) is 3. The average Bonchev–Trinajstić information content (AvgIpc) is 2.57. The summed E-state index contributed by atoms with van der Waals surface area (Å²) in [5, 5.41) is 0. The van der Waals surface area contributed by atoms with Gasteiger partial charge in [-0.25, -0.2) is 13.2 Å². The summed E-state index contributed by atoms with van der Waals surface area (Å²) in [4.78, 5) is 16.2. The summed E-state index contributed by atoms with van der Waals surface area (Å²) in [6.07, 6.45) is 0. The van der Waals surface area contributed by atoms with Crippen molar-refractivity contribution in [3.63, 3.8) is 0 Å². The Morgan fingerprint density at radius 2 is 1.88 bits per heavy atom. The zero-order chi connectivity index (χ0) is 11.8. The van der Waals surface area contributed by atoms with Crippen molar-refractivity contribution in [3.8, 4) is 0 Å². The number of imidazole rings is 1. The molecule has 5 nitrogen and oxygen atoms in total. The van der Waals surface area contributed by atoms with Crippen LogP contribution in [0.25, 0.3) is 11.0 Å². The molecule has 0 saturated heterocycles. The molecule has 0 radical (unpaired) electrons. The smallest absolute Gasteiger partial charge is 0.306 e. The molecule has 0 bridgehead atoms. The SMILES string of the molecule is CCS(=O)(=O)Cc1ccc2[nH]c(=O)[nH]c2c1. The van der Waals surface area contributed by atoms with Crippen LogP contribution in [0, 0.1) is 0 Å². The van der Waals surface area contributed by atoms with Crippen molar-refractivity contribution in [2.24, 2.45) is 0 Å². The maximum Gasteiger partial charge on any atom is 0.323 e. The van der Waals surface area contributed by atoms with Gasteiger partial charge in [0.1, 0.15) is 0 Å². The van der Waals surface area contributed by atoms with E-state index in [0.717, 1.165) is 0 Å². The van der Waals surface area contributed by atoms with Crippen molar-refractivity contribution in [1.82, 2.24) is 9.97 Å². The number of rotatable bonds is 3. The maximum atomic E-state index is 11.4. The summed E-state index contributed by atoms with van der Waals surface area (Å²) < 4.78 is 22.9. The fourth-order valence-corrected chi connectivity index (χ4v) is 2.42. The summed E-state index contributed by atoms with van der Waals surface area (Å²) in [7, 11) is -3.04. The van der Waals surface area contributed by atoms with Crippen molar-refractivity contribution in [3.05, 3.63) is 34.2 Å². The summed E-state index contributed by atoms with van der Waals surface area (Å²) >= 11 is 0. The Labute approximate surface area is 92.4 Å². The minimum Gasteiger partial charge on any atom is -0.306 e. The summed E-state index contributed by atoms with van der Waals surface area (Å²) in [5.74, 6) is 0.126. The van der Waals surface area contributed by atoms with Gasteiger partial charge in [-0.1, -0.05) is 13.0 Å². The number of H-pyrrole nitrogens is 2. The third-order valence-corrected chi connectivity index (χ3v) is 4.06. The van der Waals surface area contributed by atoms with Gasteiger partial charge in [0.05, 0.1) is 16.8 Å². The van der Waals surface area contributed by atoms with Crippen molar-refractivity contribution in [2.75, 3.05) is 5.75 Å². The lowest BCUT2D eigenvalue weighted by molar-refractivity contribution is 0.596. The first kappa shape index (κ1) is 10.9. The molecule has 1 heterocycles. The van der Waals surface area contributed by atoms with Gasteiger partial charge in [-0.3, -0.25) is 0 Å². The number of nitrogens with one attached hydrogen (secondary N) is 2. The highest BCUT2D eigenvalue weighted by molar-refractivity contribution is 7.90. The van der Waals surface area contributed by atoms with E-state index < -0.39 is 9.84 Å². The molecule has 2 aromatic rings. The second kappa shape index (κ2) is 3.79. The molecule has 0 spiro atoms. The van der Waals surface area contributed by atoms with Crippen molar-refractivity contribution < 1.29 is 8.42 Å². The van der Waals surface area contributed by atoms with E-state index in [4.69, 9.17) is 0 Å². The van der Waals surface area contributed by atoms with Crippen LogP contribution >= 0.6 is 0 Å². The first-order chi connectivity index (χ1) is 7.50. The molecule has 16 heavy (non-hydrogen) atoms. The summed E-state index contributed by atoms with van der Waals surface area (Å²) in [5.41, 5.74) is 1.71. The Balaban J connectivity index is 2.43. The first-order valence-corrected chi connectivity index (χ1v) is 6.73. The van der Waals surface area contributed by atoms with Crippen LogP contribution in [0.15, 0.2) is 23.0 Å². The van der Waals surface area contributed by atoms with E-state index in [1.807, 2.05) is 0 Å². The van der Waals surface area contributed by atoms with Gasteiger partial charge in [-0.05, 0) is 17.7 Å². The molecule has 0 aliphatic heterocycles. The molecule has 1 aromatic heterocycles. The second-order valence-electron chi connectivity index (χ2n) is 3.64. The van der Waals surface area contributed by atoms with E-state index in [0.29, 0.717) is 16.6 Å². The first-order valence-electron chi connectivity index (χ1n) is 4.91. The molecule has 86 valence electrons. The minimum absolute atomic E-state index is 0.00660. The molecule has 0 fully saturated rings. The van der Waals surface area contributed by atoms with Gasteiger partial charge in [0.15, 0.2) is 9.84 Å². The van der Waals surface area contributed by atoms with Crippen LogP contribution in [0.3, 0.4) is 0 Å². The molecule has 1 aromatic carbocycles. The quantitative estimate of drug-likeness (QED) is 0.832. The molecule has 0 atom stereocenters. The van der Waals surface area contributed by atoms with Gasteiger partial charge in [-0.2, -0.15) is 0 Å². The van der Waals surface area contributed by atoms with Gasteiger partial charge in [0, 0.05) is 5.75 Å². The minimum atomic E-state index is -3.04. The highest BCUT2D eigenvalue weighted by Gasteiger charge is 2.09. The molecule has 0 aliphatic carbocycles. The molecule has 0 saturated carbocycles. The predicted molar refractivity (Wildman–Crippen MR) is 62.1 cm³/mol. The number of sulfone groups is 1. The van der Waals surface area contributed by atoms with Gasteiger partial charge in [0.25, 0.3) is 0 Å². The van der Waals surface area contributed by atoms with Gasteiger partial charge in [-0.15, -0.1) is 0 Å². The Hall–Kier alpha value is -1.56. The van der Waals surface area contributed by atoms with E-state index >= 15 is 0 Å². The lowest BCUT2D eigenvalue weighted by Crippen LogP contribution is -2.06. The third kappa shape index (κ3) is 2.16. The fraction of sp³-hybridized carbons (Fsp3) is 0.300. The van der Waals surface area contributed by atoms with E-state index in [2.05, 4.69) is 9.97 Å². The number of aromatic amines is 2. The van der Waals surface area contributed by atoms with Crippen LogP contribution in [0.2, 0.25) is 0 Å². The lowest BCUT2D eigenvalue weighted by atomic mass is 10.2. The number of benzene rings is 1. The van der Waals surface area contributed by atoms with Crippen LogP contribution in [0.4, 0.5) is 0 Å². The Morgan fingerprint density at radius 1 is 1.19 bits per heavy atom. The Kier molecular flexibility index (Phi) is 2.59. The molecule has 0 unspecified atom stereocenters. The normalized spacial score (nSPS) is 12.1. The van der Waals surface area contributed by atoms with Crippen LogP contribution in [-0.2, 0) is 15.6 Å². The number of fused-ring (bicyclic) bond motifs is 1. The Bertz CT molecular complexity index is 667. The van der Waals surface area contributed by atoms with Crippen molar-refractivity contribution in [1.29, 1.82) is 0 Å². The van der Waals surface area contributed by atoms with Gasteiger partial charge in [0.2, 0.25) is 0 Å². The van der Waals surface area contributed by atoms with Crippen LogP contribution in [-0.4, -0.2) is 24.1 Å². The predicted octanol–water partition coefficient (Wildman–Crippen LogP) is 0.791. The van der Waals surface area contributed by atoms with Crippen LogP contribution < -0.4 is 5.69 Å².